The van der Waals surface area contributed by atoms with Crippen molar-refractivity contribution in [3.05, 3.63) is 52.8 Å². The summed E-state index contributed by atoms with van der Waals surface area (Å²) in [6.07, 6.45) is 3.58. The van der Waals surface area contributed by atoms with Gasteiger partial charge in [-0.1, -0.05) is 24.3 Å². The Hall–Kier alpha value is -2.18. The van der Waals surface area contributed by atoms with Gasteiger partial charge in [0.05, 0.1) is 29.7 Å². The van der Waals surface area contributed by atoms with E-state index in [1.165, 1.54) is 0 Å². The summed E-state index contributed by atoms with van der Waals surface area (Å²) in [5.74, 6) is -0.0119. The number of nitrogens with one attached hydrogen (secondary N) is 2. The van der Waals surface area contributed by atoms with E-state index in [9.17, 15) is 9.90 Å². The number of nitrogens with zero attached hydrogens (tertiary/aromatic N) is 1. The van der Waals surface area contributed by atoms with Gasteiger partial charge in [0.25, 0.3) is 5.91 Å². The van der Waals surface area contributed by atoms with Crippen LogP contribution in [0, 0.1) is 0 Å². The Morgan fingerprint density at radius 2 is 2.12 bits per heavy atom. The molecular formula is C18H21N3O3. The fraction of sp³-hybridized carbons (Fsp3) is 0.444. The molecule has 1 aromatic heterocycles. The van der Waals surface area contributed by atoms with E-state index in [1.54, 1.807) is 6.20 Å². The first-order valence-corrected chi connectivity index (χ1v) is 8.33. The van der Waals surface area contributed by atoms with Crippen LogP contribution in [0.5, 0.6) is 0 Å². The predicted molar refractivity (Wildman–Crippen MR) is 87.9 cm³/mol. The molecule has 4 rings (SSSR count). The van der Waals surface area contributed by atoms with Gasteiger partial charge in [0.15, 0.2) is 0 Å². The van der Waals surface area contributed by atoms with E-state index in [0.717, 1.165) is 23.2 Å². The van der Waals surface area contributed by atoms with Crippen molar-refractivity contribution < 1.29 is 14.6 Å². The summed E-state index contributed by atoms with van der Waals surface area (Å²) in [6, 6.07) is 8.02. The fourth-order valence-electron chi connectivity index (χ4n) is 3.69. The Kier molecular flexibility index (Phi) is 3.86. The quantitative estimate of drug-likeness (QED) is 0.787. The second-order valence-electron chi connectivity index (χ2n) is 6.79. The SMILES string of the molecule is O=C(NCC1(O)Cc2ccccc2C1)c1cn[nH]c1C1CCOC1. The topological polar surface area (TPSA) is 87.2 Å². The monoisotopic (exact) mass is 327 g/mol. The minimum atomic E-state index is -0.917. The summed E-state index contributed by atoms with van der Waals surface area (Å²) in [7, 11) is 0. The first-order chi connectivity index (χ1) is 11.6. The molecule has 2 heterocycles. The van der Waals surface area contributed by atoms with E-state index in [4.69, 9.17) is 4.74 Å². The van der Waals surface area contributed by atoms with Crippen molar-refractivity contribution in [1.82, 2.24) is 15.5 Å². The average Bonchev–Trinajstić information content (AvgIpc) is 3.29. The van der Waals surface area contributed by atoms with Crippen LogP contribution in [0.2, 0.25) is 0 Å². The van der Waals surface area contributed by atoms with Gasteiger partial charge in [-0.25, -0.2) is 0 Å². The van der Waals surface area contributed by atoms with Crippen molar-refractivity contribution in [3.63, 3.8) is 0 Å². The van der Waals surface area contributed by atoms with Crippen LogP contribution in [0.1, 0.15) is 39.5 Å². The highest BCUT2D eigenvalue weighted by molar-refractivity contribution is 5.95. The standard InChI is InChI=1S/C18H21N3O3/c22-17(15-9-20-21-16(15)14-5-6-24-10-14)19-11-18(23)7-12-3-1-2-4-13(12)8-18/h1-4,9,14,23H,5-8,10-11H2,(H,19,22)(H,20,21). The van der Waals surface area contributed by atoms with E-state index in [-0.39, 0.29) is 18.4 Å². The third-order valence-corrected chi connectivity index (χ3v) is 4.99. The summed E-state index contributed by atoms with van der Waals surface area (Å²) in [5, 5.41) is 20.6. The van der Waals surface area contributed by atoms with E-state index >= 15 is 0 Å². The third kappa shape index (κ3) is 2.83. The van der Waals surface area contributed by atoms with Crippen molar-refractivity contribution in [2.75, 3.05) is 19.8 Å². The molecule has 2 aromatic rings. The summed E-state index contributed by atoms with van der Waals surface area (Å²) < 4.78 is 5.39. The highest BCUT2D eigenvalue weighted by Crippen LogP contribution is 2.30. The maximum atomic E-state index is 12.5. The number of aliphatic hydroxyl groups is 1. The third-order valence-electron chi connectivity index (χ3n) is 4.99. The predicted octanol–water partition coefficient (Wildman–Crippen LogP) is 1.17. The first kappa shape index (κ1) is 15.4. The molecule has 6 heteroatoms. The van der Waals surface area contributed by atoms with Gasteiger partial charge in [-0.2, -0.15) is 5.10 Å². The molecule has 0 spiro atoms. The van der Waals surface area contributed by atoms with Gasteiger partial charge in [0.1, 0.15) is 0 Å². The van der Waals surface area contributed by atoms with Crippen molar-refractivity contribution in [1.29, 1.82) is 0 Å². The molecule has 0 saturated carbocycles. The molecule has 6 nitrogen and oxygen atoms in total. The number of carbonyl (C=O) groups is 1. The lowest BCUT2D eigenvalue weighted by Crippen LogP contribution is -2.43. The largest absolute Gasteiger partial charge is 0.387 e. The molecule has 126 valence electrons. The van der Waals surface area contributed by atoms with Crippen LogP contribution >= 0.6 is 0 Å². The normalized spacial score (nSPS) is 21.6. The highest BCUT2D eigenvalue weighted by atomic mass is 16.5. The summed E-state index contributed by atoms with van der Waals surface area (Å²) >= 11 is 0. The smallest absolute Gasteiger partial charge is 0.254 e. The number of hydrogen-bond acceptors (Lipinski definition) is 4. The zero-order valence-electron chi connectivity index (χ0n) is 13.4. The number of benzene rings is 1. The van der Waals surface area contributed by atoms with E-state index in [1.807, 2.05) is 24.3 Å². The molecule has 0 radical (unpaired) electrons. The molecule has 1 atom stereocenters. The van der Waals surface area contributed by atoms with Crippen molar-refractivity contribution in [2.24, 2.45) is 0 Å². The second kappa shape index (κ2) is 6.03. The van der Waals surface area contributed by atoms with Crippen LogP contribution < -0.4 is 5.32 Å². The van der Waals surface area contributed by atoms with Crippen LogP contribution in [0.3, 0.4) is 0 Å². The number of ether oxygens (including phenoxy) is 1. The molecule has 2 aliphatic rings. The van der Waals surface area contributed by atoms with Crippen molar-refractivity contribution in [3.8, 4) is 0 Å². The zero-order chi connectivity index (χ0) is 16.6. The van der Waals surface area contributed by atoms with Gasteiger partial charge >= 0.3 is 0 Å². The van der Waals surface area contributed by atoms with Gasteiger partial charge in [-0.15, -0.1) is 0 Å². The maximum Gasteiger partial charge on any atom is 0.254 e. The number of aromatic amines is 1. The van der Waals surface area contributed by atoms with Crippen LogP contribution in [-0.2, 0) is 17.6 Å². The molecule has 1 aliphatic carbocycles. The highest BCUT2D eigenvalue weighted by Gasteiger charge is 2.35. The van der Waals surface area contributed by atoms with Crippen molar-refractivity contribution >= 4 is 5.91 Å². The van der Waals surface area contributed by atoms with Crippen LogP contribution in [-0.4, -0.2) is 46.6 Å². The van der Waals surface area contributed by atoms with Crippen LogP contribution in [0.15, 0.2) is 30.5 Å². The zero-order valence-corrected chi connectivity index (χ0v) is 13.4. The summed E-state index contributed by atoms with van der Waals surface area (Å²) in [4.78, 5) is 12.5. The van der Waals surface area contributed by atoms with Crippen molar-refractivity contribution in [2.45, 2.75) is 30.8 Å². The van der Waals surface area contributed by atoms with Gasteiger partial charge in [0, 0.05) is 31.9 Å². The molecule has 1 fully saturated rings. The molecular weight excluding hydrogens is 306 g/mol. The molecule has 1 unspecified atom stereocenters. The lowest BCUT2D eigenvalue weighted by atomic mass is 9.99. The molecule has 24 heavy (non-hydrogen) atoms. The number of rotatable bonds is 4. The first-order valence-electron chi connectivity index (χ1n) is 8.33. The molecule has 1 aromatic carbocycles. The van der Waals surface area contributed by atoms with Crippen LogP contribution in [0.4, 0.5) is 0 Å². The Morgan fingerprint density at radius 1 is 1.38 bits per heavy atom. The minimum Gasteiger partial charge on any atom is -0.387 e. The van der Waals surface area contributed by atoms with Gasteiger partial charge < -0.3 is 15.2 Å². The summed E-state index contributed by atoms with van der Waals surface area (Å²) in [6.45, 7) is 1.55. The number of amides is 1. The fourth-order valence-corrected chi connectivity index (χ4v) is 3.69. The Labute approximate surface area is 140 Å². The Morgan fingerprint density at radius 3 is 2.79 bits per heavy atom. The number of hydrogen-bond donors (Lipinski definition) is 3. The van der Waals surface area contributed by atoms with E-state index in [0.29, 0.717) is 31.6 Å². The van der Waals surface area contributed by atoms with E-state index in [2.05, 4.69) is 15.5 Å². The molecule has 3 N–H and O–H groups in total. The van der Waals surface area contributed by atoms with Crippen LogP contribution in [0.25, 0.3) is 0 Å². The Bertz CT molecular complexity index is 724. The second-order valence-corrected chi connectivity index (χ2v) is 6.79. The van der Waals surface area contributed by atoms with E-state index < -0.39 is 5.60 Å². The molecule has 1 saturated heterocycles. The number of fused-ring (bicyclic) bond motifs is 1. The number of aromatic nitrogens is 2. The average molecular weight is 327 g/mol. The molecule has 1 aliphatic heterocycles. The molecule has 1 amide bonds. The minimum absolute atomic E-state index is 0.187. The van der Waals surface area contributed by atoms with Gasteiger partial charge in [0.2, 0.25) is 0 Å². The molecule has 0 bridgehead atoms. The summed E-state index contributed by atoms with van der Waals surface area (Å²) in [5.41, 5.74) is 2.76. The number of H-pyrrole nitrogens is 1. The Balaban J connectivity index is 1.42. The van der Waals surface area contributed by atoms with Gasteiger partial charge in [-0.3, -0.25) is 9.89 Å². The maximum absolute atomic E-state index is 12.5. The van der Waals surface area contributed by atoms with Gasteiger partial charge in [-0.05, 0) is 17.5 Å². The lowest BCUT2D eigenvalue weighted by Gasteiger charge is -2.22. The lowest BCUT2D eigenvalue weighted by molar-refractivity contribution is 0.0479. The number of carbonyl (C=O) groups excluding carboxylic acids is 1.